The molecule has 2 N–H and O–H groups in total. The average Bonchev–Trinajstić information content (AvgIpc) is 2.32. The van der Waals surface area contributed by atoms with Crippen LogP contribution < -0.4 is 14.3 Å². The highest BCUT2D eigenvalue weighted by Crippen LogP contribution is 2.45. The van der Waals surface area contributed by atoms with Gasteiger partial charge in [-0.15, -0.1) is 11.8 Å². The molecule has 0 spiro atoms. The summed E-state index contributed by atoms with van der Waals surface area (Å²) in [6, 6.07) is 3.36. The minimum absolute atomic E-state index is 0.159. The average molecular weight is 319 g/mol. The van der Waals surface area contributed by atoms with Crippen LogP contribution in [0.2, 0.25) is 0 Å². The Hall–Kier alpha value is -0.680. The Morgan fingerprint density at radius 3 is 2.60 bits per heavy atom. The van der Waals surface area contributed by atoms with Gasteiger partial charge in [0.05, 0.1) is 6.61 Å². The Labute approximate surface area is 124 Å². The van der Waals surface area contributed by atoms with Crippen molar-refractivity contribution < 1.29 is 18.7 Å². The van der Waals surface area contributed by atoms with Gasteiger partial charge in [0.15, 0.2) is 11.5 Å². The number of benzene rings is 1. The van der Waals surface area contributed by atoms with Gasteiger partial charge in [0.1, 0.15) is 0 Å². The van der Waals surface area contributed by atoms with E-state index in [1.165, 1.54) is 0 Å². The van der Waals surface area contributed by atoms with Gasteiger partial charge >= 0.3 is 7.75 Å². The van der Waals surface area contributed by atoms with Gasteiger partial charge < -0.3 is 14.2 Å². The van der Waals surface area contributed by atoms with Gasteiger partial charge in [-0.1, -0.05) is 0 Å². The van der Waals surface area contributed by atoms with E-state index in [-0.39, 0.29) is 11.8 Å². The van der Waals surface area contributed by atoms with Gasteiger partial charge in [0.25, 0.3) is 0 Å². The van der Waals surface area contributed by atoms with E-state index >= 15 is 0 Å². The molecule has 7 heteroatoms. The van der Waals surface area contributed by atoms with E-state index in [2.05, 4.69) is 5.09 Å². The van der Waals surface area contributed by atoms with Crippen LogP contribution in [0.15, 0.2) is 17.0 Å². The molecule has 20 heavy (non-hydrogen) atoms. The maximum Gasteiger partial charge on any atom is 0.456 e. The molecule has 0 aromatic heterocycles. The van der Waals surface area contributed by atoms with Crippen molar-refractivity contribution in [2.24, 2.45) is 0 Å². The van der Waals surface area contributed by atoms with E-state index in [0.717, 1.165) is 10.5 Å². The number of ether oxygens (including phenoxy) is 1. The summed E-state index contributed by atoms with van der Waals surface area (Å²) in [4.78, 5) is 10.9. The van der Waals surface area contributed by atoms with Crippen LogP contribution in [0, 0.1) is 6.92 Å². The SMILES string of the molecule is CCOc1c(OP(=O)(O)NC(C)C)ccc(SC)c1C. The molecule has 0 aliphatic rings. The Morgan fingerprint density at radius 2 is 2.10 bits per heavy atom. The summed E-state index contributed by atoms with van der Waals surface area (Å²) in [7, 11) is -3.90. The van der Waals surface area contributed by atoms with Crippen LogP contribution in [0.3, 0.4) is 0 Å². The molecule has 114 valence electrons. The normalized spacial score (nSPS) is 14.2. The lowest BCUT2D eigenvalue weighted by Gasteiger charge is -2.20. The maximum absolute atomic E-state index is 12.0. The first-order valence-corrected chi connectivity index (χ1v) is 9.21. The predicted molar refractivity (Wildman–Crippen MR) is 82.9 cm³/mol. The Kier molecular flexibility index (Phi) is 6.40. The summed E-state index contributed by atoms with van der Waals surface area (Å²) in [5, 5.41) is 2.51. The molecule has 1 rings (SSSR count). The predicted octanol–water partition coefficient (Wildman–Crippen LogP) is 3.59. The molecule has 0 radical (unpaired) electrons. The Bertz CT molecular complexity index is 507. The quantitative estimate of drug-likeness (QED) is 0.591. The van der Waals surface area contributed by atoms with Crippen molar-refractivity contribution in [3.05, 3.63) is 17.7 Å². The van der Waals surface area contributed by atoms with Gasteiger partial charge in [0, 0.05) is 16.5 Å². The molecule has 1 aromatic rings. The second-order valence-corrected chi connectivity index (χ2v) is 6.88. The zero-order valence-corrected chi connectivity index (χ0v) is 14.2. The first-order chi connectivity index (χ1) is 9.30. The van der Waals surface area contributed by atoms with Crippen LogP contribution in [0.25, 0.3) is 0 Å². The van der Waals surface area contributed by atoms with E-state index in [0.29, 0.717) is 12.4 Å². The molecule has 1 aromatic carbocycles. The smallest absolute Gasteiger partial charge is 0.456 e. The van der Waals surface area contributed by atoms with Crippen LogP contribution in [-0.4, -0.2) is 23.8 Å². The topological polar surface area (TPSA) is 67.8 Å². The molecule has 5 nitrogen and oxygen atoms in total. The summed E-state index contributed by atoms with van der Waals surface area (Å²) >= 11 is 1.59. The molecule has 0 saturated carbocycles. The molecule has 0 heterocycles. The van der Waals surface area contributed by atoms with Crippen LogP contribution in [0.4, 0.5) is 0 Å². The van der Waals surface area contributed by atoms with Crippen LogP contribution in [0.1, 0.15) is 26.3 Å². The molecular weight excluding hydrogens is 297 g/mol. The molecule has 0 amide bonds. The molecule has 0 aliphatic carbocycles. The summed E-state index contributed by atoms with van der Waals surface area (Å²) in [6.07, 6.45) is 1.97. The fourth-order valence-corrected chi connectivity index (χ4v) is 3.47. The lowest BCUT2D eigenvalue weighted by molar-refractivity contribution is 0.309. The van der Waals surface area contributed by atoms with Gasteiger partial charge in [0.2, 0.25) is 0 Å². The number of thioether (sulfide) groups is 1. The molecule has 1 unspecified atom stereocenters. The monoisotopic (exact) mass is 319 g/mol. The molecular formula is C13H22NO4PS. The summed E-state index contributed by atoms with van der Waals surface area (Å²) < 4.78 is 22.8. The highest BCUT2D eigenvalue weighted by molar-refractivity contribution is 7.98. The summed E-state index contributed by atoms with van der Waals surface area (Å²) in [5.41, 5.74) is 0.904. The van der Waals surface area contributed by atoms with E-state index in [1.54, 1.807) is 31.7 Å². The first kappa shape index (κ1) is 17.4. The number of rotatable bonds is 7. The standard InChI is InChI=1S/C13H22NO4PS/c1-6-17-13-10(4)12(20-5)8-7-11(13)18-19(15,16)14-9(2)3/h7-9H,6H2,1-5H3,(H2,14,15,16). The van der Waals surface area contributed by atoms with Crippen molar-refractivity contribution >= 4 is 19.5 Å². The zero-order chi connectivity index (χ0) is 15.3. The Balaban J connectivity index is 3.11. The molecule has 0 bridgehead atoms. The number of hydrogen-bond donors (Lipinski definition) is 2. The van der Waals surface area contributed by atoms with Crippen LogP contribution in [-0.2, 0) is 4.57 Å². The van der Waals surface area contributed by atoms with Crippen molar-refractivity contribution in [3.63, 3.8) is 0 Å². The summed E-state index contributed by atoms with van der Waals surface area (Å²) in [6.45, 7) is 7.78. The third-order valence-corrected chi connectivity index (χ3v) is 4.64. The van der Waals surface area contributed by atoms with Gasteiger partial charge in [-0.2, -0.15) is 0 Å². The summed E-state index contributed by atoms with van der Waals surface area (Å²) in [5.74, 6) is 0.792. The van der Waals surface area contributed by atoms with E-state index in [1.807, 2.05) is 26.2 Å². The molecule has 0 saturated heterocycles. The van der Waals surface area contributed by atoms with Crippen molar-refractivity contribution in [2.75, 3.05) is 12.9 Å². The molecule has 1 atom stereocenters. The maximum atomic E-state index is 12.0. The number of hydrogen-bond acceptors (Lipinski definition) is 4. The van der Waals surface area contributed by atoms with Gasteiger partial charge in [-0.05, 0) is 46.1 Å². The minimum atomic E-state index is -3.90. The van der Waals surface area contributed by atoms with Crippen molar-refractivity contribution in [1.29, 1.82) is 0 Å². The van der Waals surface area contributed by atoms with Gasteiger partial charge in [-0.3, -0.25) is 0 Å². The van der Waals surface area contributed by atoms with E-state index in [9.17, 15) is 9.46 Å². The molecule has 0 aliphatic heterocycles. The van der Waals surface area contributed by atoms with Crippen molar-refractivity contribution in [1.82, 2.24) is 5.09 Å². The van der Waals surface area contributed by atoms with E-state index in [4.69, 9.17) is 9.26 Å². The third kappa shape index (κ3) is 4.70. The molecule has 0 fully saturated rings. The Morgan fingerprint density at radius 1 is 1.45 bits per heavy atom. The van der Waals surface area contributed by atoms with Crippen LogP contribution in [0.5, 0.6) is 11.5 Å². The third-order valence-electron chi connectivity index (χ3n) is 2.47. The minimum Gasteiger partial charge on any atom is -0.490 e. The lowest BCUT2D eigenvalue weighted by Crippen LogP contribution is -2.22. The largest absolute Gasteiger partial charge is 0.490 e. The zero-order valence-electron chi connectivity index (χ0n) is 12.5. The second kappa shape index (κ2) is 7.36. The van der Waals surface area contributed by atoms with Crippen molar-refractivity contribution in [2.45, 2.75) is 38.6 Å². The highest BCUT2D eigenvalue weighted by Gasteiger charge is 2.25. The fourth-order valence-electron chi connectivity index (χ4n) is 1.75. The second-order valence-electron chi connectivity index (χ2n) is 4.55. The highest BCUT2D eigenvalue weighted by atomic mass is 32.2. The lowest BCUT2D eigenvalue weighted by atomic mass is 10.2. The van der Waals surface area contributed by atoms with Crippen molar-refractivity contribution in [3.8, 4) is 11.5 Å². The fraction of sp³-hybridized carbons (Fsp3) is 0.538. The van der Waals surface area contributed by atoms with E-state index < -0.39 is 7.75 Å². The van der Waals surface area contributed by atoms with Crippen LogP contribution >= 0.6 is 19.5 Å². The number of nitrogens with one attached hydrogen (secondary N) is 1. The first-order valence-electron chi connectivity index (χ1n) is 6.41. The van der Waals surface area contributed by atoms with Gasteiger partial charge in [-0.25, -0.2) is 9.65 Å².